The second kappa shape index (κ2) is 6.73. The van der Waals surface area contributed by atoms with Gasteiger partial charge < -0.3 is 10.7 Å². The van der Waals surface area contributed by atoms with E-state index < -0.39 is 23.0 Å². The van der Waals surface area contributed by atoms with Crippen LogP contribution in [-0.4, -0.2) is 15.8 Å². The molecule has 0 fully saturated rings. The van der Waals surface area contributed by atoms with Gasteiger partial charge >= 0.3 is 0 Å². The number of aryl methyl sites for hydroxylation is 1. The first kappa shape index (κ1) is 18.1. The monoisotopic (exact) mass is 397 g/mol. The van der Waals surface area contributed by atoms with Gasteiger partial charge in [0.1, 0.15) is 11.5 Å². The van der Waals surface area contributed by atoms with Crippen LogP contribution in [0.5, 0.6) is 0 Å². The molecule has 4 nitrogen and oxygen atoms in total. The third-order valence-electron chi connectivity index (χ3n) is 4.59. The molecule has 0 unspecified atom stereocenters. The number of aromatic nitrogens is 2. The largest absolute Gasteiger partial charge is 0.396 e. The molecule has 0 amide bonds. The quantitative estimate of drug-likeness (QED) is 0.365. The number of carbonyl (C=O) groups excluding carboxylic acids is 1. The highest BCUT2D eigenvalue weighted by Gasteiger charge is 2.25. The number of fused-ring (bicyclic) bond motifs is 1. The number of nitrogens with one attached hydrogen (secondary N) is 1. The van der Waals surface area contributed by atoms with Crippen molar-refractivity contribution < 1.29 is 13.6 Å². The Morgan fingerprint density at radius 3 is 2.50 bits per heavy atom. The number of rotatable bonds is 3. The predicted octanol–water partition coefficient (Wildman–Crippen LogP) is 5.28. The Hall–Kier alpha value is -3.25. The molecule has 0 aliphatic heterocycles. The fourth-order valence-corrected chi connectivity index (χ4v) is 3.32. The summed E-state index contributed by atoms with van der Waals surface area (Å²) in [5.74, 6) is -2.83. The molecule has 0 saturated carbocycles. The van der Waals surface area contributed by atoms with E-state index in [2.05, 4.69) is 9.97 Å². The molecule has 0 aliphatic carbocycles. The highest BCUT2D eigenvalue weighted by Crippen LogP contribution is 2.30. The number of carbonyl (C=O) groups is 1. The van der Waals surface area contributed by atoms with Gasteiger partial charge in [0.2, 0.25) is 5.78 Å². The summed E-state index contributed by atoms with van der Waals surface area (Å²) in [5, 5.41) is 1.06. The molecule has 0 radical (unpaired) electrons. The van der Waals surface area contributed by atoms with E-state index in [4.69, 9.17) is 17.3 Å². The van der Waals surface area contributed by atoms with E-state index in [-0.39, 0.29) is 11.3 Å². The van der Waals surface area contributed by atoms with Crippen LogP contribution in [0.4, 0.5) is 14.5 Å². The summed E-state index contributed by atoms with van der Waals surface area (Å²) in [4.78, 5) is 20.4. The number of halogens is 3. The summed E-state index contributed by atoms with van der Waals surface area (Å²) < 4.78 is 28.6. The molecule has 0 atom stereocenters. The third kappa shape index (κ3) is 2.92. The first-order valence-electron chi connectivity index (χ1n) is 8.39. The normalized spacial score (nSPS) is 11.1. The van der Waals surface area contributed by atoms with Crippen molar-refractivity contribution in [1.29, 1.82) is 0 Å². The Labute approximate surface area is 164 Å². The lowest BCUT2D eigenvalue weighted by Gasteiger charge is -2.07. The first-order chi connectivity index (χ1) is 13.4. The van der Waals surface area contributed by atoms with Crippen molar-refractivity contribution in [1.82, 2.24) is 9.97 Å². The van der Waals surface area contributed by atoms with E-state index in [1.165, 1.54) is 0 Å². The lowest BCUT2D eigenvalue weighted by atomic mass is 9.98. The maximum absolute atomic E-state index is 14.4. The van der Waals surface area contributed by atoms with Gasteiger partial charge in [-0.15, -0.1) is 0 Å². The Morgan fingerprint density at radius 2 is 1.79 bits per heavy atom. The molecule has 4 aromatic rings. The lowest BCUT2D eigenvalue weighted by Crippen LogP contribution is -2.10. The summed E-state index contributed by atoms with van der Waals surface area (Å²) in [6.45, 7) is 1.65. The van der Waals surface area contributed by atoms with Crippen LogP contribution in [0.15, 0.2) is 48.7 Å². The van der Waals surface area contributed by atoms with Crippen molar-refractivity contribution in [2.45, 2.75) is 6.92 Å². The number of hydrogen-bond acceptors (Lipinski definition) is 3. The van der Waals surface area contributed by atoms with Crippen LogP contribution in [0.3, 0.4) is 0 Å². The third-order valence-corrected chi connectivity index (χ3v) is 4.84. The van der Waals surface area contributed by atoms with E-state index in [9.17, 15) is 13.6 Å². The molecule has 0 bridgehead atoms. The summed E-state index contributed by atoms with van der Waals surface area (Å²) in [6, 6.07) is 11.0. The van der Waals surface area contributed by atoms with Crippen LogP contribution < -0.4 is 5.73 Å². The number of H-pyrrole nitrogens is 1. The smallest absolute Gasteiger partial charge is 0.201 e. The van der Waals surface area contributed by atoms with Crippen molar-refractivity contribution in [3.63, 3.8) is 0 Å². The van der Waals surface area contributed by atoms with Crippen LogP contribution in [0.25, 0.3) is 22.2 Å². The molecule has 28 heavy (non-hydrogen) atoms. The predicted molar refractivity (Wildman–Crippen MR) is 105 cm³/mol. The average Bonchev–Trinajstić information content (AvgIpc) is 3.00. The van der Waals surface area contributed by atoms with E-state index in [1.54, 1.807) is 31.3 Å². The van der Waals surface area contributed by atoms with Gasteiger partial charge in [-0.2, -0.15) is 0 Å². The van der Waals surface area contributed by atoms with Crippen molar-refractivity contribution in [2.75, 3.05) is 5.73 Å². The zero-order chi connectivity index (χ0) is 20.0. The number of nitrogens with zero attached hydrogens (tertiary/aromatic N) is 1. The van der Waals surface area contributed by atoms with E-state index in [0.29, 0.717) is 21.7 Å². The molecule has 0 spiro atoms. The second-order valence-electron chi connectivity index (χ2n) is 6.41. The zero-order valence-corrected chi connectivity index (χ0v) is 15.4. The average molecular weight is 398 g/mol. The van der Waals surface area contributed by atoms with Gasteiger partial charge in [0.05, 0.1) is 16.8 Å². The van der Waals surface area contributed by atoms with Crippen LogP contribution in [0.2, 0.25) is 5.02 Å². The maximum atomic E-state index is 14.4. The van der Waals surface area contributed by atoms with Crippen molar-refractivity contribution >= 4 is 34.1 Å². The number of aromatic amines is 1. The molecule has 2 aromatic heterocycles. The molecular weight excluding hydrogens is 384 g/mol. The van der Waals surface area contributed by atoms with Crippen LogP contribution in [0, 0.1) is 18.6 Å². The molecule has 3 N–H and O–H groups in total. The summed E-state index contributed by atoms with van der Waals surface area (Å²) in [6.07, 6.45) is 1.65. The van der Waals surface area contributed by atoms with Gasteiger partial charge in [0.15, 0.2) is 5.82 Å². The number of pyridine rings is 1. The van der Waals surface area contributed by atoms with Crippen molar-refractivity contribution in [3.8, 4) is 11.1 Å². The molecule has 0 saturated heterocycles. The van der Waals surface area contributed by atoms with Crippen LogP contribution in [-0.2, 0) is 0 Å². The Morgan fingerprint density at radius 1 is 1.07 bits per heavy atom. The highest BCUT2D eigenvalue weighted by molar-refractivity contribution is 6.30. The number of ketones is 1. The van der Waals surface area contributed by atoms with E-state index in [0.717, 1.165) is 23.3 Å². The summed E-state index contributed by atoms with van der Waals surface area (Å²) >= 11 is 5.93. The van der Waals surface area contributed by atoms with Gasteiger partial charge in [-0.25, -0.2) is 13.8 Å². The zero-order valence-electron chi connectivity index (χ0n) is 14.7. The van der Waals surface area contributed by atoms with Gasteiger partial charge in [-0.1, -0.05) is 23.7 Å². The minimum absolute atomic E-state index is 0.154. The van der Waals surface area contributed by atoms with Crippen molar-refractivity contribution in [2.24, 2.45) is 0 Å². The summed E-state index contributed by atoms with van der Waals surface area (Å²) in [5.41, 5.74) is 7.20. The topological polar surface area (TPSA) is 71.8 Å². The highest BCUT2D eigenvalue weighted by atomic mass is 35.5. The Kier molecular flexibility index (Phi) is 4.35. The SMILES string of the molecule is Cc1[nH]c2ncc(-c3ccc(Cl)cc3)cc2c1C(=O)c1c(F)ccc(N)c1F. The second-order valence-corrected chi connectivity index (χ2v) is 6.84. The Bertz CT molecular complexity index is 1230. The van der Waals surface area contributed by atoms with Gasteiger partial charge in [0.25, 0.3) is 0 Å². The molecule has 7 heteroatoms. The first-order valence-corrected chi connectivity index (χ1v) is 8.77. The number of anilines is 1. The maximum Gasteiger partial charge on any atom is 0.201 e. The number of nitrogen functional groups attached to an aromatic ring is 1. The fourth-order valence-electron chi connectivity index (χ4n) is 3.19. The molecule has 2 heterocycles. The number of hydrogen-bond donors (Lipinski definition) is 2. The molecule has 4 rings (SSSR count). The lowest BCUT2D eigenvalue weighted by molar-refractivity contribution is 0.103. The van der Waals surface area contributed by atoms with Gasteiger partial charge in [0, 0.05) is 27.9 Å². The molecule has 140 valence electrons. The summed E-state index contributed by atoms with van der Waals surface area (Å²) in [7, 11) is 0. The fraction of sp³-hybridized carbons (Fsp3) is 0.0476. The van der Waals surface area contributed by atoms with Crippen LogP contribution in [0.1, 0.15) is 21.6 Å². The van der Waals surface area contributed by atoms with Crippen molar-refractivity contribution in [3.05, 3.63) is 82.1 Å². The minimum atomic E-state index is -1.07. The number of benzene rings is 2. The Balaban J connectivity index is 1.91. The minimum Gasteiger partial charge on any atom is -0.396 e. The number of nitrogens with two attached hydrogens (primary N) is 1. The van der Waals surface area contributed by atoms with Crippen LogP contribution >= 0.6 is 11.6 Å². The molecule has 2 aromatic carbocycles. The molecular formula is C21H14ClF2N3O. The van der Waals surface area contributed by atoms with E-state index in [1.807, 2.05) is 12.1 Å². The van der Waals surface area contributed by atoms with E-state index >= 15 is 0 Å². The van der Waals surface area contributed by atoms with Gasteiger partial charge in [-0.05, 0) is 42.8 Å². The molecule has 0 aliphatic rings. The van der Waals surface area contributed by atoms with Gasteiger partial charge in [-0.3, -0.25) is 4.79 Å². The standard InChI is InChI=1S/C21H14ClF2N3O/c1-10-17(20(28)18-15(23)6-7-16(25)19(18)24)14-8-12(9-26-21(14)27-10)11-2-4-13(22)5-3-11/h2-9H,25H2,1H3,(H,26,27).